The monoisotopic (exact) mass is 236 g/mol. The van der Waals surface area contributed by atoms with Crippen molar-refractivity contribution in [3.63, 3.8) is 0 Å². The molecule has 0 saturated carbocycles. The number of ether oxygens (including phenoxy) is 1. The molecule has 1 aromatic rings. The molecule has 1 aliphatic heterocycles. The van der Waals surface area contributed by atoms with Crippen LogP contribution in [0.3, 0.4) is 0 Å². The lowest BCUT2D eigenvalue weighted by Gasteiger charge is -2.11. The van der Waals surface area contributed by atoms with Crippen LogP contribution in [0, 0.1) is 17.2 Å². The molecule has 1 unspecified atom stereocenters. The van der Waals surface area contributed by atoms with Gasteiger partial charge < -0.3 is 10.1 Å². The summed E-state index contributed by atoms with van der Waals surface area (Å²) in [7, 11) is 0. The average molecular weight is 237 g/mol. The standard InChI is InChI=1S/C12H13ClN2O/c13-12-2-1-11(5-10(12)6-14)15-7-9-3-4-16-8-9/h1-2,5,9,15H,3-4,7-8H2. The van der Waals surface area contributed by atoms with Gasteiger partial charge >= 0.3 is 0 Å². The second-order valence-corrected chi connectivity index (χ2v) is 4.32. The number of rotatable bonds is 3. The third kappa shape index (κ3) is 2.66. The fourth-order valence-electron chi connectivity index (χ4n) is 1.73. The molecule has 0 aromatic heterocycles. The Kier molecular flexibility index (Phi) is 3.66. The topological polar surface area (TPSA) is 45.0 Å². The summed E-state index contributed by atoms with van der Waals surface area (Å²) in [6.45, 7) is 2.56. The van der Waals surface area contributed by atoms with Crippen molar-refractivity contribution in [1.82, 2.24) is 0 Å². The molecule has 0 bridgehead atoms. The number of hydrogen-bond acceptors (Lipinski definition) is 3. The van der Waals surface area contributed by atoms with E-state index in [9.17, 15) is 0 Å². The van der Waals surface area contributed by atoms with Gasteiger partial charge in [-0.1, -0.05) is 11.6 Å². The molecule has 3 nitrogen and oxygen atoms in total. The van der Waals surface area contributed by atoms with Crippen LogP contribution in [-0.4, -0.2) is 19.8 Å². The van der Waals surface area contributed by atoms with Crippen molar-refractivity contribution in [3.05, 3.63) is 28.8 Å². The van der Waals surface area contributed by atoms with Gasteiger partial charge in [0.25, 0.3) is 0 Å². The first kappa shape index (κ1) is 11.3. The minimum Gasteiger partial charge on any atom is -0.385 e. The third-order valence-corrected chi connectivity index (χ3v) is 3.04. The lowest BCUT2D eigenvalue weighted by Crippen LogP contribution is -2.14. The zero-order chi connectivity index (χ0) is 11.4. The summed E-state index contributed by atoms with van der Waals surface area (Å²) in [5, 5.41) is 12.6. The molecule has 0 amide bonds. The summed E-state index contributed by atoms with van der Waals surface area (Å²) in [5.74, 6) is 0.571. The van der Waals surface area contributed by atoms with E-state index in [4.69, 9.17) is 21.6 Å². The first-order chi connectivity index (χ1) is 7.79. The summed E-state index contributed by atoms with van der Waals surface area (Å²) in [6, 6.07) is 7.47. The quantitative estimate of drug-likeness (QED) is 0.878. The summed E-state index contributed by atoms with van der Waals surface area (Å²) in [4.78, 5) is 0. The second-order valence-electron chi connectivity index (χ2n) is 3.92. The van der Waals surface area contributed by atoms with Gasteiger partial charge in [0.2, 0.25) is 0 Å². The number of nitrogens with one attached hydrogen (secondary N) is 1. The van der Waals surface area contributed by atoms with Gasteiger partial charge in [0.05, 0.1) is 17.2 Å². The van der Waals surface area contributed by atoms with E-state index in [1.807, 2.05) is 6.07 Å². The maximum Gasteiger partial charge on any atom is 0.101 e. The molecule has 1 heterocycles. The molecule has 4 heteroatoms. The summed E-state index contributed by atoms with van der Waals surface area (Å²) < 4.78 is 5.30. The Labute approximate surface area is 100.0 Å². The number of nitriles is 1. The lowest BCUT2D eigenvalue weighted by atomic mass is 10.1. The van der Waals surface area contributed by atoms with Crippen LogP contribution in [0.15, 0.2) is 18.2 Å². The van der Waals surface area contributed by atoms with Crippen LogP contribution < -0.4 is 5.32 Å². The van der Waals surface area contributed by atoms with E-state index in [1.54, 1.807) is 12.1 Å². The van der Waals surface area contributed by atoms with E-state index < -0.39 is 0 Å². The Morgan fingerprint density at radius 3 is 3.12 bits per heavy atom. The SMILES string of the molecule is N#Cc1cc(NCC2CCOC2)ccc1Cl. The molecular formula is C12H13ClN2O. The van der Waals surface area contributed by atoms with Gasteiger partial charge in [-0.3, -0.25) is 0 Å². The Morgan fingerprint density at radius 1 is 1.56 bits per heavy atom. The van der Waals surface area contributed by atoms with E-state index in [-0.39, 0.29) is 0 Å². The summed E-state index contributed by atoms with van der Waals surface area (Å²) in [5.41, 5.74) is 1.45. The van der Waals surface area contributed by atoms with Gasteiger partial charge in [0.15, 0.2) is 0 Å². The van der Waals surface area contributed by atoms with Crippen molar-refractivity contribution in [2.45, 2.75) is 6.42 Å². The number of benzene rings is 1. The van der Waals surface area contributed by atoms with Crippen LogP contribution >= 0.6 is 11.6 Å². The normalized spacial score (nSPS) is 19.4. The van der Waals surface area contributed by atoms with Gasteiger partial charge in [-0.15, -0.1) is 0 Å². The van der Waals surface area contributed by atoms with Crippen molar-refractivity contribution < 1.29 is 4.74 Å². The molecule has 1 atom stereocenters. The van der Waals surface area contributed by atoms with E-state index in [0.29, 0.717) is 16.5 Å². The highest BCUT2D eigenvalue weighted by molar-refractivity contribution is 6.31. The molecule has 0 radical (unpaired) electrons. The summed E-state index contributed by atoms with van der Waals surface area (Å²) in [6.07, 6.45) is 1.10. The van der Waals surface area contributed by atoms with Crippen LogP contribution in [0.4, 0.5) is 5.69 Å². The molecule has 1 aliphatic rings. The van der Waals surface area contributed by atoms with Crippen LogP contribution in [0.25, 0.3) is 0 Å². The van der Waals surface area contributed by atoms with Crippen LogP contribution in [0.1, 0.15) is 12.0 Å². The Hall–Kier alpha value is -1.24. The van der Waals surface area contributed by atoms with Gasteiger partial charge in [0, 0.05) is 24.8 Å². The molecule has 1 fully saturated rings. The number of nitrogens with zero attached hydrogens (tertiary/aromatic N) is 1. The molecule has 1 aromatic carbocycles. The van der Waals surface area contributed by atoms with Gasteiger partial charge in [-0.05, 0) is 24.6 Å². The van der Waals surface area contributed by atoms with Gasteiger partial charge in [-0.2, -0.15) is 5.26 Å². The first-order valence-electron chi connectivity index (χ1n) is 5.31. The molecule has 1 saturated heterocycles. The molecule has 0 aliphatic carbocycles. The van der Waals surface area contributed by atoms with Gasteiger partial charge in [-0.25, -0.2) is 0 Å². The van der Waals surface area contributed by atoms with Crippen molar-refractivity contribution in [3.8, 4) is 6.07 Å². The molecule has 0 spiro atoms. The average Bonchev–Trinajstić information content (AvgIpc) is 2.81. The van der Waals surface area contributed by atoms with Crippen molar-refractivity contribution in [1.29, 1.82) is 5.26 Å². The lowest BCUT2D eigenvalue weighted by molar-refractivity contribution is 0.187. The maximum absolute atomic E-state index is 8.84. The van der Waals surface area contributed by atoms with Gasteiger partial charge in [0.1, 0.15) is 6.07 Å². The fourth-order valence-corrected chi connectivity index (χ4v) is 1.89. The predicted molar refractivity (Wildman–Crippen MR) is 63.6 cm³/mol. The third-order valence-electron chi connectivity index (χ3n) is 2.71. The molecule has 16 heavy (non-hydrogen) atoms. The largest absolute Gasteiger partial charge is 0.385 e. The molecule has 2 rings (SSSR count). The van der Waals surface area contributed by atoms with Crippen LogP contribution in [0.2, 0.25) is 5.02 Å². The zero-order valence-electron chi connectivity index (χ0n) is 8.87. The zero-order valence-corrected chi connectivity index (χ0v) is 9.63. The van der Waals surface area contributed by atoms with Crippen molar-refractivity contribution in [2.75, 3.05) is 25.1 Å². The Bertz CT molecular complexity index is 408. The van der Waals surface area contributed by atoms with E-state index in [1.165, 1.54) is 0 Å². The van der Waals surface area contributed by atoms with Crippen LogP contribution in [0.5, 0.6) is 0 Å². The maximum atomic E-state index is 8.84. The smallest absolute Gasteiger partial charge is 0.101 e. The van der Waals surface area contributed by atoms with Crippen molar-refractivity contribution in [2.24, 2.45) is 5.92 Å². The summed E-state index contributed by atoms with van der Waals surface area (Å²) >= 11 is 5.85. The minimum atomic E-state index is 0.497. The number of anilines is 1. The number of hydrogen-bond donors (Lipinski definition) is 1. The highest BCUT2D eigenvalue weighted by Gasteiger charge is 2.15. The highest BCUT2D eigenvalue weighted by Crippen LogP contribution is 2.20. The Balaban J connectivity index is 1.96. The second kappa shape index (κ2) is 5.20. The Morgan fingerprint density at radius 2 is 2.44 bits per heavy atom. The number of halogens is 1. The highest BCUT2D eigenvalue weighted by atomic mass is 35.5. The fraction of sp³-hybridized carbons (Fsp3) is 0.417. The van der Waals surface area contributed by atoms with E-state index >= 15 is 0 Å². The van der Waals surface area contributed by atoms with E-state index in [0.717, 1.165) is 31.9 Å². The molecule has 1 N–H and O–H groups in total. The minimum absolute atomic E-state index is 0.497. The van der Waals surface area contributed by atoms with Crippen LogP contribution in [-0.2, 0) is 4.74 Å². The first-order valence-corrected chi connectivity index (χ1v) is 5.68. The van der Waals surface area contributed by atoms with E-state index in [2.05, 4.69) is 11.4 Å². The van der Waals surface area contributed by atoms with Crippen molar-refractivity contribution >= 4 is 17.3 Å². The molecular weight excluding hydrogens is 224 g/mol. The molecule has 84 valence electrons. The predicted octanol–water partition coefficient (Wildman–Crippen LogP) is 2.66.